The van der Waals surface area contributed by atoms with Gasteiger partial charge in [0.25, 0.3) is 5.69 Å². The summed E-state index contributed by atoms with van der Waals surface area (Å²) in [5, 5.41) is 32.3. The largest absolute Gasteiger partial charge is 0.507 e. The molecule has 0 aliphatic heterocycles. The second-order valence-corrected chi connectivity index (χ2v) is 8.01. The van der Waals surface area contributed by atoms with E-state index in [1.54, 1.807) is 18.2 Å². The number of nitro benzene ring substituents is 1. The van der Waals surface area contributed by atoms with Crippen LogP contribution in [0.1, 0.15) is 41.6 Å². The molecule has 0 amide bonds. The number of rotatable bonds is 6. The molecule has 0 aromatic heterocycles. The third-order valence-corrected chi connectivity index (χ3v) is 5.58. The smallest absolute Gasteiger partial charge is 0.347 e. The highest BCUT2D eigenvalue weighted by atomic mass is 16.6. The summed E-state index contributed by atoms with van der Waals surface area (Å²) in [6.45, 7) is 0.738. The summed E-state index contributed by atoms with van der Waals surface area (Å²) < 4.78 is 5.37. The Labute approximate surface area is 174 Å². The number of carbonyl (C=O) groups excluding carboxylic acids is 1. The number of phenols is 1. The number of esters is 1. The molecule has 1 aliphatic rings. The van der Waals surface area contributed by atoms with Crippen LogP contribution in [0, 0.1) is 16.0 Å². The molecule has 1 saturated carbocycles. The first-order valence-electron chi connectivity index (χ1n) is 9.88. The van der Waals surface area contributed by atoms with E-state index in [2.05, 4.69) is 4.90 Å². The van der Waals surface area contributed by atoms with Gasteiger partial charge in [-0.05, 0) is 50.7 Å². The molecule has 2 atom stereocenters. The van der Waals surface area contributed by atoms with Crippen molar-refractivity contribution in [1.29, 1.82) is 0 Å². The summed E-state index contributed by atoms with van der Waals surface area (Å²) in [6.07, 6.45) is 3.49. The van der Waals surface area contributed by atoms with Gasteiger partial charge in [0, 0.05) is 24.6 Å². The monoisotopic (exact) mass is 414 g/mol. The lowest BCUT2D eigenvalue weighted by atomic mass is 9.71. The topological polar surface area (TPSA) is 113 Å². The number of aromatic hydroxyl groups is 1. The van der Waals surface area contributed by atoms with Gasteiger partial charge in [-0.3, -0.25) is 10.1 Å². The van der Waals surface area contributed by atoms with Crippen LogP contribution in [0.2, 0.25) is 0 Å². The van der Waals surface area contributed by atoms with Crippen LogP contribution in [0.3, 0.4) is 0 Å². The van der Waals surface area contributed by atoms with E-state index in [0.29, 0.717) is 12.0 Å². The molecule has 0 heterocycles. The van der Waals surface area contributed by atoms with Crippen LogP contribution in [0.25, 0.3) is 0 Å². The van der Waals surface area contributed by atoms with Gasteiger partial charge in [-0.1, -0.05) is 25.0 Å². The number of aliphatic hydroxyl groups is 1. The Morgan fingerprint density at radius 1 is 1.27 bits per heavy atom. The van der Waals surface area contributed by atoms with Gasteiger partial charge in [0.05, 0.1) is 10.5 Å². The molecule has 2 N–H and O–H groups in total. The molecule has 2 aromatic rings. The maximum atomic E-state index is 12.5. The molecule has 160 valence electrons. The maximum absolute atomic E-state index is 12.5. The number of phenolic OH excluding ortho intramolecular Hbond substituents is 1. The van der Waals surface area contributed by atoms with Crippen molar-refractivity contribution in [3.05, 3.63) is 63.7 Å². The van der Waals surface area contributed by atoms with Gasteiger partial charge in [0.1, 0.15) is 17.1 Å². The third-order valence-electron chi connectivity index (χ3n) is 5.58. The minimum Gasteiger partial charge on any atom is -0.507 e. The van der Waals surface area contributed by atoms with E-state index in [9.17, 15) is 25.1 Å². The van der Waals surface area contributed by atoms with Crippen LogP contribution in [-0.2, 0) is 5.60 Å². The van der Waals surface area contributed by atoms with Crippen molar-refractivity contribution in [1.82, 2.24) is 4.90 Å². The molecule has 8 nitrogen and oxygen atoms in total. The van der Waals surface area contributed by atoms with Gasteiger partial charge in [-0.15, -0.1) is 0 Å². The maximum Gasteiger partial charge on any atom is 0.347 e. The Morgan fingerprint density at radius 2 is 2.03 bits per heavy atom. The lowest BCUT2D eigenvalue weighted by molar-refractivity contribution is -0.384. The van der Waals surface area contributed by atoms with Crippen molar-refractivity contribution in [2.75, 3.05) is 20.6 Å². The Kier molecular flexibility index (Phi) is 6.38. The predicted molar refractivity (Wildman–Crippen MR) is 111 cm³/mol. The van der Waals surface area contributed by atoms with Crippen molar-refractivity contribution in [2.24, 2.45) is 5.92 Å². The molecule has 1 aliphatic carbocycles. The first-order valence-corrected chi connectivity index (χ1v) is 9.88. The standard InChI is InChI=1S/C22H26N2O6/c1-23(2)14-16-6-3-4-11-22(16,27)15-7-5-8-18(12-15)30-21(26)19-13-17(24(28)29)9-10-20(19)25/h5,7-10,12-13,16,25,27H,3-4,6,11,14H2,1-2H3. The molecule has 2 unspecified atom stereocenters. The van der Waals surface area contributed by atoms with Gasteiger partial charge in [0.15, 0.2) is 0 Å². The number of non-ortho nitro benzene ring substituents is 1. The van der Waals surface area contributed by atoms with E-state index in [1.165, 1.54) is 0 Å². The molecule has 0 spiro atoms. The van der Waals surface area contributed by atoms with Gasteiger partial charge in [-0.25, -0.2) is 4.79 Å². The number of nitrogens with zero attached hydrogens (tertiary/aromatic N) is 2. The van der Waals surface area contributed by atoms with E-state index < -0.39 is 22.2 Å². The number of hydrogen-bond acceptors (Lipinski definition) is 7. The van der Waals surface area contributed by atoms with Crippen molar-refractivity contribution >= 4 is 11.7 Å². The molecule has 8 heteroatoms. The Balaban J connectivity index is 1.86. The van der Waals surface area contributed by atoms with Crippen molar-refractivity contribution in [3.8, 4) is 11.5 Å². The zero-order valence-corrected chi connectivity index (χ0v) is 17.1. The highest BCUT2D eigenvalue weighted by Gasteiger charge is 2.40. The first-order chi connectivity index (χ1) is 14.2. The Hall–Kier alpha value is -2.97. The summed E-state index contributed by atoms with van der Waals surface area (Å²) in [5.74, 6) is -1.06. The average molecular weight is 414 g/mol. The fourth-order valence-corrected chi connectivity index (χ4v) is 4.08. The Morgan fingerprint density at radius 3 is 2.73 bits per heavy atom. The number of nitro groups is 1. The SMILES string of the molecule is CN(C)CC1CCCCC1(O)c1cccc(OC(=O)c2cc([N+](=O)[O-])ccc2O)c1. The Bertz CT molecular complexity index is 945. The van der Waals surface area contributed by atoms with Gasteiger partial charge < -0.3 is 19.8 Å². The lowest BCUT2D eigenvalue weighted by Crippen LogP contribution is -2.43. The molecule has 0 saturated heterocycles. The fourth-order valence-electron chi connectivity index (χ4n) is 4.08. The second-order valence-electron chi connectivity index (χ2n) is 8.01. The van der Waals surface area contributed by atoms with Crippen molar-refractivity contribution in [2.45, 2.75) is 31.3 Å². The molecule has 0 bridgehead atoms. The fraction of sp³-hybridized carbons (Fsp3) is 0.409. The summed E-state index contributed by atoms with van der Waals surface area (Å²) in [7, 11) is 3.94. The number of ether oxygens (including phenoxy) is 1. The highest BCUT2D eigenvalue weighted by Crippen LogP contribution is 2.42. The molecular weight excluding hydrogens is 388 g/mol. The van der Waals surface area contributed by atoms with Gasteiger partial charge >= 0.3 is 5.97 Å². The van der Waals surface area contributed by atoms with Crippen molar-refractivity contribution < 1.29 is 24.7 Å². The van der Waals surface area contributed by atoms with Crippen LogP contribution in [0.15, 0.2) is 42.5 Å². The highest BCUT2D eigenvalue weighted by molar-refractivity contribution is 5.94. The molecule has 0 radical (unpaired) electrons. The van der Waals surface area contributed by atoms with Crippen LogP contribution in [0.4, 0.5) is 5.69 Å². The molecule has 30 heavy (non-hydrogen) atoms. The summed E-state index contributed by atoms with van der Waals surface area (Å²) in [5.41, 5.74) is -0.978. The molecule has 1 fully saturated rings. The number of carbonyl (C=O) groups is 1. The minimum atomic E-state index is -1.03. The molecule has 2 aromatic carbocycles. The number of hydrogen-bond donors (Lipinski definition) is 2. The van der Waals surface area contributed by atoms with Crippen molar-refractivity contribution in [3.63, 3.8) is 0 Å². The van der Waals surface area contributed by atoms with E-state index in [1.807, 2.05) is 20.2 Å². The van der Waals surface area contributed by atoms with Gasteiger partial charge in [0.2, 0.25) is 0 Å². The van der Waals surface area contributed by atoms with E-state index in [4.69, 9.17) is 4.74 Å². The normalized spacial score (nSPS) is 21.4. The third kappa shape index (κ3) is 4.60. The average Bonchev–Trinajstić information content (AvgIpc) is 2.69. The van der Waals surface area contributed by atoms with E-state index in [-0.39, 0.29) is 22.9 Å². The lowest BCUT2D eigenvalue weighted by Gasteiger charge is -2.41. The summed E-state index contributed by atoms with van der Waals surface area (Å²) >= 11 is 0. The van der Waals surface area contributed by atoms with Crippen LogP contribution >= 0.6 is 0 Å². The number of benzene rings is 2. The van der Waals surface area contributed by atoms with E-state index >= 15 is 0 Å². The summed E-state index contributed by atoms with van der Waals surface area (Å²) in [4.78, 5) is 24.9. The zero-order valence-electron chi connectivity index (χ0n) is 17.1. The van der Waals surface area contributed by atoms with Crippen LogP contribution in [-0.4, -0.2) is 46.6 Å². The van der Waals surface area contributed by atoms with Crippen LogP contribution < -0.4 is 4.74 Å². The summed E-state index contributed by atoms with van der Waals surface area (Å²) in [6, 6.07) is 9.88. The zero-order chi connectivity index (χ0) is 21.9. The first kappa shape index (κ1) is 21.7. The predicted octanol–water partition coefficient (Wildman–Crippen LogP) is 3.46. The second kappa shape index (κ2) is 8.81. The molecule has 3 rings (SSSR count). The van der Waals surface area contributed by atoms with E-state index in [0.717, 1.165) is 44.0 Å². The minimum absolute atomic E-state index is 0.0491. The van der Waals surface area contributed by atoms with Crippen LogP contribution in [0.5, 0.6) is 11.5 Å². The van der Waals surface area contributed by atoms with Gasteiger partial charge in [-0.2, -0.15) is 0 Å². The molecular formula is C22H26N2O6. The quantitative estimate of drug-likeness (QED) is 0.322.